The lowest BCUT2D eigenvalue weighted by Gasteiger charge is -2.20. The Bertz CT molecular complexity index is 147. The Morgan fingerprint density at radius 3 is 2.14 bits per heavy atom. The average Bonchev–Trinajstić information content (AvgIpc) is 2.13. The summed E-state index contributed by atoms with van der Waals surface area (Å²) in [6.45, 7) is 5.62. The molecule has 1 fully saturated rings. The normalized spacial score (nSPS) is 19.9. The SMILES string of the molecule is CC(C)(C)OOOOC1CCCCC1. The van der Waals surface area contributed by atoms with Crippen LogP contribution in [0, 0.1) is 0 Å². The second kappa shape index (κ2) is 5.66. The molecule has 1 aliphatic carbocycles. The van der Waals surface area contributed by atoms with Crippen molar-refractivity contribution in [3.05, 3.63) is 0 Å². The minimum Gasteiger partial charge on any atom is -0.200 e. The van der Waals surface area contributed by atoms with Crippen molar-refractivity contribution in [3.63, 3.8) is 0 Å². The van der Waals surface area contributed by atoms with Crippen LogP contribution in [0.1, 0.15) is 52.9 Å². The maximum absolute atomic E-state index is 5.03. The van der Waals surface area contributed by atoms with Gasteiger partial charge in [-0.3, -0.25) is 0 Å². The van der Waals surface area contributed by atoms with Crippen molar-refractivity contribution < 1.29 is 19.9 Å². The van der Waals surface area contributed by atoms with E-state index in [2.05, 4.69) is 10.1 Å². The molecule has 4 nitrogen and oxygen atoms in total. The molecule has 0 bridgehead atoms. The fraction of sp³-hybridized carbons (Fsp3) is 1.00. The predicted octanol–water partition coefficient (Wildman–Crippen LogP) is 2.93. The molecule has 0 aromatic rings. The van der Waals surface area contributed by atoms with Gasteiger partial charge in [-0.25, -0.2) is 4.89 Å². The molecule has 0 spiro atoms. The first kappa shape index (κ1) is 11.9. The zero-order chi connectivity index (χ0) is 10.4. The topological polar surface area (TPSA) is 36.9 Å². The van der Waals surface area contributed by atoms with Crippen LogP contribution in [0.15, 0.2) is 0 Å². The highest BCUT2D eigenvalue weighted by atomic mass is 17.7. The number of rotatable bonds is 4. The summed E-state index contributed by atoms with van der Waals surface area (Å²) >= 11 is 0. The van der Waals surface area contributed by atoms with E-state index in [1.54, 1.807) is 0 Å². The molecule has 1 saturated carbocycles. The van der Waals surface area contributed by atoms with Gasteiger partial charge >= 0.3 is 0 Å². The fourth-order valence-electron chi connectivity index (χ4n) is 1.35. The molecule has 84 valence electrons. The Hall–Kier alpha value is -0.160. The predicted molar refractivity (Wildman–Crippen MR) is 51.0 cm³/mol. The largest absolute Gasteiger partial charge is 0.200 e. The third kappa shape index (κ3) is 5.54. The number of hydrogen-bond acceptors (Lipinski definition) is 4. The molecule has 1 rings (SSSR count). The Morgan fingerprint density at radius 1 is 0.929 bits per heavy atom. The van der Waals surface area contributed by atoms with Gasteiger partial charge in [-0.05, 0) is 43.7 Å². The summed E-state index contributed by atoms with van der Waals surface area (Å²) < 4.78 is 0. The van der Waals surface area contributed by atoms with E-state index in [0.29, 0.717) is 0 Å². The van der Waals surface area contributed by atoms with Gasteiger partial charge in [0, 0.05) is 0 Å². The minimum absolute atomic E-state index is 0.160. The summed E-state index contributed by atoms with van der Waals surface area (Å²) in [4.78, 5) is 9.90. The van der Waals surface area contributed by atoms with Crippen LogP contribution in [0.5, 0.6) is 0 Å². The summed E-state index contributed by atoms with van der Waals surface area (Å²) in [6.07, 6.45) is 5.94. The number of hydrogen-bond donors (Lipinski definition) is 0. The van der Waals surface area contributed by atoms with Crippen molar-refractivity contribution in [1.29, 1.82) is 0 Å². The van der Waals surface area contributed by atoms with E-state index in [9.17, 15) is 0 Å². The van der Waals surface area contributed by atoms with E-state index in [4.69, 9.17) is 9.78 Å². The summed E-state index contributed by atoms with van der Waals surface area (Å²) in [5.74, 6) is 0. The van der Waals surface area contributed by atoms with E-state index in [1.165, 1.54) is 19.3 Å². The molecule has 0 aromatic carbocycles. The van der Waals surface area contributed by atoms with Crippen LogP contribution in [-0.4, -0.2) is 11.7 Å². The Kier molecular flexibility index (Phi) is 4.81. The quantitative estimate of drug-likeness (QED) is 0.401. The highest BCUT2D eigenvalue weighted by Crippen LogP contribution is 2.20. The highest BCUT2D eigenvalue weighted by molar-refractivity contribution is 4.63. The molecular weight excluding hydrogens is 184 g/mol. The maximum atomic E-state index is 5.03. The van der Waals surface area contributed by atoms with Crippen molar-refractivity contribution in [2.75, 3.05) is 0 Å². The lowest BCUT2D eigenvalue weighted by Crippen LogP contribution is -2.22. The zero-order valence-corrected chi connectivity index (χ0v) is 9.25. The van der Waals surface area contributed by atoms with Crippen molar-refractivity contribution in [2.45, 2.75) is 64.6 Å². The first-order valence-electron chi connectivity index (χ1n) is 5.26. The highest BCUT2D eigenvalue weighted by Gasteiger charge is 2.16. The van der Waals surface area contributed by atoms with Crippen LogP contribution >= 0.6 is 0 Å². The van der Waals surface area contributed by atoms with Gasteiger partial charge in [0.1, 0.15) is 0 Å². The lowest BCUT2D eigenvalue weighted by molar-refractivity contribution is -0.656. The third-order valence-corrected chi connectivity index (χ3v) is 2.04. The second-order valence-corrected chi connectivity index (χ2v) is 4.69. The maximum Gasteiger partial charge on any atom is 0.0984 e. The van der Waals surface area contributed by atoms with Gasteiger partial charge in [-0.2, -0.15) is 4.89 Å². The summed E-state index contributed by atoms with van der Waals surface area (Å²) in [7, 11) is 0. The van der Waals surface area contributed by atoms with Crippen LogP contribution in [0.3, 0.4) is 0 Å². The van der Waals surface area contributed by atoms with E-state index >= 15 is 0 Å². The molecule has 14 heavy (non-hydrogen) atoms. The van der Waals surface area contributed by atoms with Crippen molar-refractivity contribution in [2.24, 2.45) is 0 Å². The molecule has 0 unspecified atom stereocenters. The standard InChI is InChI=1S/C10H20O4/c1-10(2,3)12-14-13-11-9-7-5-4-6-8-9/h9H,4-8H2,1-3H3. The van der Waals surface area contributed by atoms with E-state index in [0.717, 1.165) is 12.8 Å². The van der Waals surface area contributed by atoms with E-state index in [-0.39, 0.29) is 11.7 Å². The van der Waals surface area contributed by atoms with Gasteiger partial charge in [-0.1, -0.05) is 19.3 Å². The monoisotopic (exact) mass is 204 g/mol. The van der Waals surface area contributed by atoms with Crippen molar-refractivity contribution in [3.8, 4) is 0 Å². The van der Waals surface area contributed by atoms with Gasteiger partial charge in [-0.15, -0.1) is 0 Å². The van der Waals surface area contributed by atoms with Crippen molar-refractivity contribution >= 4 is 0 Å². The fourth-order valence-corrected chi connectivity index (χ4v) is 1.35. The molecule has 0 amide bonds. The van der Waals surface area contributed by atoms with E-state index < -0.39 is 0 Å². The van der Waals surface area contributed by atoms with Gasteiger partial charge in [0.25, 0.3) is 0 Å². The Morgan fingerprint density at radius 2 is 1.57 bits per heavy atom. The van der Waals surface area contributed by atoms with E-state index in [1.807, 2.05) is 20.8 Å². The molecular formula is C10H20O4. The molecule has 0 radical (unpaired) electrons. The first-order valence-corrected chi connectivity index (χ1v) is 5.26. The molecule has 0 aliphatic heterocycles. The molecule has 0 saturated heterocycles. The zero-order valence-electron chi connectivity index (χ0n) is 9.25. The average molecular weight is 204 g/mol. The van der Waals surface area contributed by atoms with Gasteiger partial charge < -0.3 is 0 Å². The van der Waals surface area contributed by atoms with Gasteiger partial charge in [0.15, 0.2) is 0 Å². The summed E-state index contributed by atoms with van der Waals surface area (Å²) in [5.41, 5.74) is -0.379. The second-order valence-electron chi connectivity index (χ2n) is 4.69. The minimum atomic E-state index is -0.379. The Balaban J connectivity index is 1.97. The van der Waals surface area contributed by atoms with Gasteiger partial charge in [0.05, 0.1) is 11.7 Å². The van der Waals surface area contributed by atoms with Crippen LogP contribution < -0.4 is 0 Å². The molecule has 0 N–H and O–H groups in total. The molecule has 0 heterocycles. The van der Waals surface area contributed by atoms with Crippen molar-refractivity contribution in [1.82, 2.24) is 0 Å². The van der Waals surface area contributed by atoms with Crippen LogP contribution in [0.25, 0.3) is 0 Å². The van der Waals surface area contributed by atoms with Crippen LogP contribution in [-0.2, 0) is 19.9 Å². The molecule has 0 atom stereocenters. The molecule has 0 aromatic heterocycles. The van der Waals surface area contributed by atoms with Crippen LogP contribution in [0.2, 0.25) is 0 Å². The molecule has 4 heteroatoms. The van der Waals surface area contributed by atoms with Gasteiger partial charge in [0.2, 0.25) is 0 Å². The third-order valence-electron chi connectivity index (χ3n) is 2.04. The Labute approximate surface area is 85.3 Å². The molecule has 1 aliphatic rings. The summed E-state index contributed by atoms with van der Waals surface area (Å²) in [6, 6.07) is 0. The first-order chi connectivity index (χ1) is 6.58. The lowest BCUT2D eigenvalue weighted by atomic mass is 9.98. The smallest absolute Gasteiger partial charge is 0.0984 e. The summed E-state index contributed by atoms with van der Waals surface area (Å²) in [5, 5.41) is 9.01. The van der Waals surface area contributed by atoms with Crippen LogP contribution in [0.4, 0.5) is 0 Å².